The Bertz CT molecular complexity index is 406. The number of aliphatic carboxylic acids is 1. The first-order valence-corrected chi connectivity index (χ1v) is 8.46. The summed E-state index contributed by atoms with van der Waals surface area (Å²) in [6, 6.07) is 0.416. The molecule has 0 aromatic heterocycles. The highest BCUT2D eigenvalue weighted by atomic mass is 16.4. The number of rotatable bonds is 3. The lowest BCUT2D eigenvalue weighted by atomic mass is 9.96. The lowest BCUT2D eigenvalue weighted by molar-refractivity contribution is -0.138. The van der Waals surface area contributed by atoms with Crippen molar-refractivity contribution in [1.29, 1.82) is 0 Å². The van der Waals surface area contributed by atoms with Gasteiger partial charge in [0.05, 0.1) is 6.42 Å². The lowest BCUT2D eigenvalue weighted by Crippen LogP contribution is -2.49. The van der Waals surface area contributed by atoms with Crippen molar-refractivity contribution < 1.29 is 14.7 Å². The van der Waals surface area contributed by atoms with Crippen LogP contribution >= 0.6 is 0 Å². The van der Waals surface area contributed by atoms with Gasteiger partial charge in [0.25, 0.3) is 0 Å². The predicted octanol–water partition coefficient (Wildman–Crippen LogP) is 2.70. The smallest absolute Gasteiger partial charge is 0.320 e. The molecule has 2 unspecified atom stereocenters. The highest BCUT2D eigenvalue weighted by Gasteiger charge is 2.40. The maximum absolute atomic E-state index is 12.9. The number of nitrogens with zero attached hydrogens (tertiary/aromatic N) is 2. The number of likely N-dealkylation sites (tertiary alicyclic amines) is 2. The van der Waals surface area contributed by atoms with E-state index < -0.39 is 5.97 Å². The first kappa shape index (κ1) is 14.7. The van der Waals surface area contributed by atoms with Crippen LogP contribution < -0.4 is 0 Å². The highest BCUT2D eigenvalue weighted by molar-refractivity contribution is 5.77. The van der Waals surface area contributed by atoms with Crippen LogP contribution in [0.25, 0.3) is 0 Å². The number of amides is 2. The molecule has 5 heteroatoms. The minimum Gasteiger partial charge on any atom is -0.481 e. The monoisotopic (exact) mass is 294 g/mol. The molecule has 2 aliphatic heterocycles. The fraction of sp³-hybridized carbons (Fsp3) is 0.875. The first-order valence-electron chi connectivity index (χ1n) is 8.46. The third-order valence-corrected chi connectivity index (χ3v) is 5.52. The minimum atomic E-state index is -0.798. The van der Waals surface area contributed by atoms with E-state index in [4.69, 9.17) is 5.11 Å². The fourth-order valence-corrected chi connectivity index (χ4v) is 4.53. The van der Waals surface area contributed by atoms with Crippen LogP contribution in [0.5, 0.6) is 0 Å². The van der Waals surface area contributed by atoms with Gasteiger partial charge in [-0.3, -0.25) is 4.79 Å². The summed E-state index contributed by atoms with van der Waals surface area (Å²) in [5, 5.41) is 9.01. The Hall–Kier alpha value is -1.26. The van der Waals surface area contributed by atoms with Crippen molar-refractivity contribution in [3.63, 3.8) is 0 Å². The summed E-state index contributed by atoms with van der Waals surface area (Å²) in [6.45, 7) is 1.58. The van der Waals surface area contributed by atoms with Crippen LogP contribution in [0.15, 0.2) is 0 Å². The second kappa shape index (κ2) is 6.24. The average molecular weight is 294 g/mol. The van der Waals surface area contributed by atoms with Crippen molar-refractivity contribution in [2.24, 2.45) is 5.92 Å². The molecular weight excluding hydrogens is 268 g/mol. The second-order valence-corrected chi connectivity index (χ2v) is 6.82. The van der Waals surface area contributed by atoms with E-state index in [2.05, 4.69) is 4.90 Å². The molecule has 5 nitrogen and oxygen atoms in total. The molecule has 1 N–H and O–H groups in total. The Kier molecular flexibility index (Phi) is 4.36. The molecular formula is C16H26N2O3. The summed E-state index contributed by atoms with van der Waals surface area (Å²) in [4.78, 5) is 27.7. The van der Waals surface area contributed by atoms with E-state index in [1.165, 1.54) is 25.7 Å². The van der Waals surface area contributed by atoms with Gasteiger partial charge in [0.15, 0.2) is 0 Å². The molecule has 3 aliphatic rings. The van der Waals surface area contributed by atoms with Crippen molar-refractivity contribution in [1.82, 2.24) is 9.80 Å². The minimum absolute atomic E-state index is 0.0909. The van der Waals surface area contributed by atoms with Gasteiger partial charge in [-0.2, -0.15) is 0 Å². The molecule has 118 valence electrons. The van der Waals surface area contributed by atoms with Gasteiger partial charge >= 0.3 is 12.0 Å². The molecule has 0 aromatic carbocycles. The van der Waals surface area contributed by atoms with Gasteiger partial charge in [-0.15, -0.1) is 0 Å². The van der Waals surface area contributed by atoms with Gasteiger partial charge < -0.3 is 14.9 Å². The zero-order valence-electron chi connectivity index (χ0n) is 12.7. The van der Waals surface area contributed by atoms with Crippen molar-refractivity contribution in [2.45, 2.75) is 69.9 Å². The quantitative estimate of drug-likeness (QED) is 0.870. The van der Waals surface area contributed by atoms with Crippen LogP contribution in [0.4, 0.5) is 4.79 Å². The summed E-state index contributed by atoms with van der Waals surface area (Å²) in [5.41, 5.74) is 0. The van der Waals surface area contributed by atoms with Gasteiger partial charge in [0.1, 0.15) is 0 Å². The largest absolute Gasteiger partial charge is 0.481 e. The van der Waals surface area contributed by atoms with E-state index in [9.17, 15) is 9.59 Å². The summed E-state index contributed by atoms with van der Waals surface area (Å²) in [7, 11) is 0. The predicted molar refractivity (Wildman–Crippen MR) is 79.1 cm³/mol. The van der Waals surface area contributed by atoms with Crippen molar-refractivity contribution in [3.05, 3.63) is 0 Å². The maximum Gasteiger partial charge on any atom is 0.320 e. The van der Waals surface area contributed by atoms with Crippen molar-refractivity contribution >= 4 is 12.0 Å². The Labute approximate surface area is 126 Å². The van der Waals surface area contributed by atoms with Crippen LogP contribution in [-0.2, 0) is 4.79 Å². The molecule has 21 heavy (non-hydrogen) atoms. The Morgan fingerprint density at radius 3 is 2.29 bits per heavy atom. The van der Waals surface area contributed by atoms with Gasteiger partial charge in [-0.25, -0.2) is 4.79 Å². The summed E-state index contributed by atoms with van der Waals surface area (Å²) in [5.74, 6) is -0.120. The molecule has 1 saturated carbocycles. The highest BCUT2D eigenvalue weighted by Crippen LogP contribution is 2.36. The summed E-state index contributed by atoms with van der Waals surface area (Å²) < 4.78 is 0. The van der Waals surface area contributed by atoms with E-state index >= 15 is 0 Å². The SMILES string of the molecule is O=C(O)CC1CCCN1C(=O)N1CCCC1C1CCCC1. The van der Waals surface area contributed by atoms with Gasteiger partial charge in [-0.1, -0.05) is 12.8 Å². The Morgan fingerprint density at radius 2 is 1.57 bits per heavy atom. The molecule has 3 rings (SSSR count). The molecule has 2 heterocycles. The van der Waals surface area contributed by atoms with Crippen LogP contribution in [0, 0.1) is 5.92 Å². The molecule has 0 bridgehead atoms. The van der Waals surface area contributed by atoms with E-state index in [1.54, 1.807) is 0 Å². The molecule has 0 spiro atoms. The number of urea groups is 1. The zero-order chi connectivity index (χ0) is 14.8. The number of carbonyl (C=O) groups excluding carboxylic acids is 1. The van der Waals surface area contributed by atoms with Crippen LogP contribution in [0.2, 0.25) is 0 Å². The second-order valence-electron chi connectivity index (χ2n) is 6.82. The maximum atomic E-state index is 12.9. The van der Waals surface area contributed by atoms with Gasteiger partial charge in [0, 0.05) is 25.2 Å². The van der Waals surface area contributed by atoms with Crippen molar-refractivity contribution in [2.75, 3.05) is 13.1 Å². The van der Waals surface area contributed by atoms with Crippen molar-refractivity contribution in [3.8, 4) is 0 Å². The van der Waals surface area contributed by atoms with Crippen LogP contribution in [0.1, 0.15) is 57.8 Å². The molecule has 1 aliphatic carbocycles. The third-order valence-electron chi connectivity index (χ3n) is 5.52. The summed E-state index contributed by atoms with van der Waals surface area (Å²) in [6.07, 6.45) is 9.21. The number of carbonyl (C=O) groups is 2. The number of hydrogen-bond acceptors (Lipinski definition) is 2. The summed E-state index contributed by atoms with van der Waals surface area (Å²) >= 11 is 0. The van der Waals surface area contributed by atoms with E-state index in [-0.39, 0.29) is 18.5 Å². The number of carboxylic acid groups (broad SMARTS) is 1. The lowest BCUT2D eigenvalue weighted by Gasteiger charge is -2.35. The molecule has 2 saturated heterocycles. The molecule has 0 radical (unpaired) electrons. The molecule has 2 atom stereocenters. The van der Waals surface area contributed by atoms with E-state index in [0.717, 1.165) is 38.8 Å². The van der Waals surface area contributed by atoms with Gasteiger partial charge in [-0.05, 0) is 44.4 Å². The fourth-order valence-electron chi connectivity index (χ4n) is 4.53. The standard InChI is InChI=1S/C16H26N2O3/c19-15(20)11-13-7-3-9-17(13)16(21)18-10-4-8-14(18)12-5-1-2-6-12/h12-14H,1-11H2,(H,19,20). The topological polar surface area (TPSA) is 60.9 Å². The van der Waals surface area contributed by atoms with Crippen LogP contribution in [0.3, 0.4) is 0 Å². The Morgan fingerprint density at radius 1 is 0.905 bits per heavy atom. The normalized spacial score (nSPS) is 30.3. The molecule has 3 fully saturated rings. The Balaban J connectivity index is 1.66. The van der Waals surface area contributed by atoms with E-state index in [1.807, 2.05) is 4.90 Å². The number of hydrogen-bond donors (Lipinski definition) is 1. The first-order chi connectivity index (χ1) is 10.2. The number of carboxylic acids is 1. The van der Waals surface area contributed by atoms with Crippen LogP contribution in [-0.4, -0.2) is 52.1 Å². The van der Waals surface area contributed by atoms with E-state index in [0.29, 0.717) is 12.0 Å². The van der Waals surface area contributed by atoms with Gasteiger partial charge in [0.2, 0.25) is 0 Å². The average Bonchev–Trinajstić information content (AvgIpc) is 3.18. The zero-order valence-corrected chi connectivity index (χ0v) is 12.7. The molecule has 0 aromatic rings. The third kappa shape index (κ3) is 3.01. The molecule has 2 amide bonds.